The molecule has 0 amide bonds. The van der Waals surface area contributed by atoms with E-state index in [0.717, 1.165) is 0 Å². The van der Waals surface area contributed by atoms with Gasteiger partial charge in [0, 0.05) is 43.3 Å². The fraction of sp³-hybridized carbons (Fsp3) is 0.289. The number of benzene rings is 5. The van der Waals surface area contributed by atoms with Crippen molar-refractivity contribution >= 4 is 78.0 Å². The molecule has 0 spiro atoms. The molecule has 5 aromatic carbocycles. The molecule has 2 aliphatic heterocycles. The van der Waals surface area contributed by atoms with Crippen LogP contribution in [0.3, 0.4) is 0 Å². The predicted octanol–water partition coefficient (Wildman–Crippen LogP) is 11.3. The molecule has 0 radical (unpaired) electrons. The smallest absolute Gasteiger partial charge is 0.264 e. The second-order valence-corrected chi connectivity index (χ2v) is 17.8. The third kappa shape index (κ3) is 5.14. The van der Waals surface area contributed by atoms with E-state index in [1.807, 2.05) is 11.3 Å². The molecule has 0 fully saturated rings. The molecule has 4 heteroatoms. The number of hydrogen-bond acceptors (Lipinski definition) is 3. The lowest BCUT2D eigenvalue weighted by molar-refractivity contribution is 0.590. The summed E-state index contributed by atoms with van der Waals surface area (Å²) in [5.41, 5.74) is 17.2. The lowest BCUT2D eigenvalue weighted by atomic mass is 9.36. The van der Waals surface area contributed by atoms with E-state index >= 15 is 0 Å². The Morgan fingerprint density at radius 2 is 1.16 bits per heavy atom. The van der Waals surface area contributed by atoms with E-state index in [9.17, 15) is 0 Å². The summed E-state index contributed by atoms with van der Waals surface area (Å²) in [7, 11) is 0. The average molecular weight is 659 g/mol. The first-order chi connectivity index (χ1) is 23.2. The summed E-state index contributed by atoms with van der Waals surface area (Å²) < 4.78 is 2.78. The minimum atomic E-state index is 0.0514. The molecule has 49 heavy (non-hydrogen) atoms. The van der Waals surface area contributed by atoms with Crippen LogP contribution in [0.5, 0.6) is 0 Å². The maximum atomic E-state index is 2.61. The SMILES string of the molecule is Cc1ccc(N2c3ccc(C)cc3B3c4sc5ccc(C(C)(C)C)cc5c4N(c4ccc(C(C)(C)C)cc4)c4cc(C(C)C)cc2c43)cc1. The predicted molar refractivity (Wildman–Crippen MR) is 217 cm³/mol. The van der Waals surface area contributed by atoms with Gasteiger partial charge in [-0.2, -0.15) is 0 Å². The Morgan fingerprint density at radius 1 is 0.592 bits per heavy atom. The number of rotatable bonds is 3. The normalized spacial score (nSPS) is 14.0. The van der Waals surface area contributed by atoms with Gasteiger partial charge in [0.2, 0.25) is 0 Å². The highest BCUT2D eigenvalue weighted by Crippen LogP contribution is 2.49. The van der Waals surface area contributed by atoms with Crippen LogP contribution in [0.25, 0.3) is 10.1 Å². The van der Waals surface area contributed by atoms with Gasteiger partial charge >= 0.3 is 0 Å². The van der Waals surface area contributed by atoms with Crippen LogP contribution in [-0.4, -0.2) is 6.71 Å². The van der Waals surface area contributed by atoms with Crippen molar-refractivity contribution in [3.05, 3.63) is 125 Å². The summed E-state index contributed by atoms with van der Waals surface area (Å²) in [4.78, 5) is 5.15. The molecule has 0 unspecified atom stereocenters. The molecule has 0 saturated carbocycles. The van der Waals surface area contributed by atoms with Crippen molar-refractivity contribution in [3.8, 4) is 0 Å². The van der Waals surface area contributed by atoms with Gasteiger partial charge in [-0.15, -0.1) is 11.3 Å². The molecule has 246 valence electrons. The highest BCUT2D eigenvalue weighted by Gasteiger charge is 2.45. The minimum absolute atomic E-state index is 0.0514. The van der Waals surface area contributed by atoms with Gasteiger partial charge in [-0.1, -0.05) is 109 Å². The monoisotopic (exact) mass is 658 g/mol. The van der Waals surface area contributed by atoms with Crippen LogP contribution in [0, 0.1) is 13.8 Å². The molecule has 2 nitrogen and oxygen atoms in total. The molecular weight excluding hydrogens is 611 g/mol. The zero-order valence-corrected chi connectivity index (χ0v) is 31.5. The van der Waals surface area contributed by atoms with E-state index in [1.54, 1.807) is 0 Å². The first-order valence-electron chi connectivity index (χ1n) is 17.8. The number of fused-ring (bicyclic) bond motifs is 6. The highest BCUT2D eigenvalue weighted by molar-refractivity contribution is 7.33. The Balaban J connectivity index is 1.51. The molecule has 6 aromatic rings. The van der Waals surface area contributed by atoms with Crippen molar-refractivity contribution in [1.82, 2.24) is 0 Å². The Bertz CT molecular complexity index is 2240. The van der Waals surface area contributed by atoms with Crippen molar-refractivity contribution in [2.45, 2.75) is 86.0 Å². The van der Waals surface area contributed by atoms with Gasteiger partial charge in [-0.3, -0.25) is 0 Å². The van der Waals surface area contributed by atoms with Crippen LogP contribution >= 0.6 is 11.3 Å². The minimum Gasteiger partial charge on any atom is -0.311 e. The quantitative estimate of drug-likeness (QED) is 0.174. The number of anilines is 6. The van der Waals surface area contributed by atoms with Crippen molar-refractivity contribution < 1.29 is 0 Å². The van der Waals surface area contributed by atoms with E-state index in [2.05, 4.69) is 176 Å². The molecular formula is C45H47BN2S. The molecule has 0 saturated heterocycles. The van der Waals surface area contributed by atoms with Crippen LogP contribution in [0.1, 0.15) is 89.1 Å². The summed E-state index contributed by atoms with van der Waals surface area (Å²) >= 11 is 1.98. The molecule has 0 aliphatic carbocycles. The summed E-state index contributed by atoms with van der Waals surface area (Å²) in [6.07, 6.45) is 0. The van der Waals surface area contributed by atoms with E-state index in [0.29, 0.717) is 5.92 Å². The van der Waals surface area contributed by atoms with Crippen molar-refractivity contribution in [3.63, 3.8) is 0 Å². The van der Waals surface area contributed by atoms with Crippen molar-refractivity contribution in [1.29, 1.82) is 0 Å². The molecule has 0 atom stereocenters. The molecule has 8 rings (SSSR count). The van der Waals surface area contributed by atoms with Crippen LogP contribution in [0.4, 0.5) is 34.1 Å². The first-order valence-corrected chi connectivity index (χ1v) is 18.6. The van der Waals surface area contributed by atoms with Crippen LogP contribution in [-0.2, 0) is 10.8 Å². The van der Waals surface area contributed by atoms with Crippen molar-refractivity contribution in [2.24, 2.45) is 0 Å². The van der Waals surface area contributed by atoms with Gasteiger partial charge < -0.3 is 9.80 Å². The first kappa shape index (κ1) is 32.0. The lowest BCUT2D eigenvalue weighted by Gasteiger charge is -2.44. The maximum absolute atomic E-state index is 2.61. The van der Waals surface area contributed by atoms with Gasteiger partial charge in [-0.25, -0.2) is 0 Å². The maximum Gasteiger partial charge on any atom is 0.264 e. The number of hydrogen-bond donors (Lipinski definition) is 0. The van der Waals surface area contributed by atoms with Gasteiger partial charge in [0.05, 0.1) is 5.69 Å². The number of thiophene rings is 1. The van der Waals surface area contributed by atoms with E-state index in [-0.39, 0.29) is 17.5 Å². The standard InChI is InChI=1S/C45H47BN2S/c1-27(2)30-24-38-41-39(25-30)48(34-19-14-31(15-20-34)44(5,6)7)42-35-26-32(45(8,9)10)16-22-40(35)49-43(42)46(41)36-23-29(4)13-21-37(36)47(38)33-17-11-28(3)12-18-33/h11-27H,1-10H3. The Kier molecular flexibility index (Phi) is 7.25. The second-order valence-electron chi connectivity index (χ2n) is 16.7. The van der Waals surface area contributed by atoms with Crippen LogP contribution in [0.15, 0.2) is 97.1 Å². The van der Waals surface area contributed by atoms with E-state index < -0.39 is 0 Å². The summed E-state index contributed by atoms with van der Waals surface area (Å²) in [6.45, 7) is 23.1. The van der Waals surface area contributed by atoms with Gasteiger partial charge in [0.1, 0.15) is 0 Å². The molecule has 0 bridgehead atoms. The van der Waals surface area contributed by atoms with E-state index in [1.165, 1.54) is 87.7 Å². The fourth-order valence-corrected chi connectivity index (χ4v) is 9.08. The third-order valence-electron chi connectivity index (χ3n) is 10.7. The van der Waals surface area contributed by atoms with E-state index in [4.69, 9.17) is 0 Å². The highest BCUT2D eigenvalue weighted by atomic mass is 32.1. The second kappa shape index (κ2) is 11.1. The Morgan fingerprint density at radius 3 is 1.80 bits per heavy atom. The summed E-state index contributed by atoms with van der Waals surface area (Å²) in [6, 6.07) is 37.7. The lowest BCUT2D eigenvalue weighted by Crippen LogP contribution is -2.60. The summed E-state index contributed by atoms with van der Waals surface area (Å²) in [5.74, 6) is 0.373. The average Bonchev–Trinajstić information content (AvgIpc) is 3.43. The third-order valence-corrected chi connectivity index (χ3v) is 11.9. The zero-order chi connectivity index (χ0) is 34.6. The molecule has 2 aliphatic rings. The molecule has 0 N–H and O–H groups in total. The molecule has 3 heterocycles. The van der Waals surface area contributed by atoms with Crippen LogP contribution < -0.4 is 25.5 Å². The van der Waals surface area contributed by atoms with Gasteiger partial charge in [-0.05, 0) is 113 Å². The molecule has 1 aromatic heterocycles. The number of nitrogens with zero attached hydrogens (tertiary/aromatic N) is 2. The summed E-state index contributed by atoms with van der Waals surface area (Å²) in [5, 5.41) is 1.35. The fourth-order valence-electron chi connectivity index (χ4n) is 7.78. The largest absolute Gasteiger partial charge is 0.311 e. The topological polar surface area (TPSA) is 6.48 Å². The van der Waals surface area contributed by atoms with Gasteiger partial charge in [0.25, 0.3) is 6.71 Å². The van der Waals surface area contributed by atoms with Crippen molar-refractivity contribution in [2.75, 3.05) is 9.80 Å². The Labute approximate surface area is 297 Å². The zero-order valence-electron chi connectivity index (χ0n) is 30.7. The number of aryl methyl sites for hydroxylation is 2. The van der Waals surface area contributed by atoms with Crippen LogP contribution in [0.2, 0.25) is 0 Å². The van der Waals surface area contributed by atoms with Gasteiger partial charge in [0.15, 0.2) is 0 Å². The Hall–Kier alpha value is -4.28.